The molecule has 0 spiro atoms. The van der Waals surface area contributed by atoms with E-state index in [1.807, 2.05) is 13.8 Å². The first-order chi connectivity index (χ1) is 9.65. The fraction of sp³-hybridized carbons (Fsp3) is 0.267. The zero-order valence-corrected chi connectivity index (χ0v) is 11.8. The average Bonchev–Trinajstić information content (AvgIpc) is 2.45. The molecule has 0 atom stereocenters. The number of ether oxygens (including phenoxy) is 1. The maximum absolute atomic E-state index is 5.64. The Kier molecular flexibility index (Phi) is 4.30. The Morgan fingerprint density at radius 3 is 2.75 bits per heavy atom. The van der Waals surface area contributed by atoms with Gasteiger partial charge in [-0.05, 0) is 25.5 Å². The number of nitrogen functional groups attached to an aromatic ring is 1. The molecule has 0 aliphatic carbocycles. The van der Waals surface area contributed by atoms with Gasteiger partial charge < -0.3 is 10.5 Å². The van der Waals surface area contributed by atoms with Crippen molar-refractivity contribution in [1.82, 2.24) is 15.0 Å². The normalized spacial score (nSPS) is 10.3. The summed E-state index contributed by atoms with van der Waals surface area (Å²) in [6.45, 7) is 8.06. The predicted octanol–water partition coefficient (Wildman–Crippen LogP) is 2.56. The molecule has 0 fully saturated rings. The Morgan fingerprint density at radius 2 is 2.15 bits per heavy atom. The molecule has 5 nitrogen and oxygen atoms in total. The Morgan fingerprint density at radius 1 is 1.35 bits per heavy atom. The number of hydrogen-bond acceptors (Lipinski definition) is 5. The zero-order chi connectivity index (χ0) is 14.5. The second-order valence-corrected chi connectivity index (χ2v) is 4.35. The minimum atomic E-state index is 0.415. The zero-order valence-electron chi connectivity index (χ0n) is 11.8. The van der Waals surface area contributed by atoms with Gasteiger partial charge in [0.1, 0.15) is 12.3 Å². The van der Waals surface area contributed by atoms with Gasteiger partial charge in [0.15, 0.2) is 5.82 Å². The molecule has 0 saturated carbocycles. The first kappa shape index (κ1) is 14.0. The third kappa shape index (κ3) is 2.93. The van der Waals surface area contributed by atoms with Crippen LogP contribution in [0, 0.1) is 6.92 Å². The van der Waals surface area contributed by atoms with Crippen molar-refractivity contribution in [2.75, 3.05) is 12.3 Å². The van der Waals surface area contributed by atoms with Crippen LogP contribution in [0.2, 0.25) is 0 Å². The summed E-state index contributed by atoms with van der Waals surface area (Å²) >= 11 is 0. The van der Waals surface area contributed by atoms with E-state index in [0.29, 0.717) is 29.7 Å². The van der Waals surface area contributed by atoms with Crippen molar-refractivity contribution in [3.05, 3.63) is 42.2 Å². The smallest absolute Gasteiger partial charge is 0.220 e. The number of hydrogen-bond donors (Lipinski definition) is 1. The number of rotatable bonds is 5. The molecule has 2 heterocycles. The topological polar surface area (TPSA) is 73.9 Å². The van der Waals surface area contributed by atoms with Gasteiger partial charge in [0.05, 0.1) is 11.9 Å². The summed E-state index contributed by atoms with van der Waals surface area (Å²) in [7, 11) is 0. The molecule has 0 radical (unpaired) electrons. The van der Waals surface area contributed by atoms with E-state index in [1.54, 1.807) is 24.4 Å². The molecule has 2 N–H and O–H groups in total. The van der Waals surface area contributed by atoms with Crippen molar-refractivity contribution in [2.45, 2.75) is 20.3 Å². The van der Waals surface area contributed by atoms with E-state index in [9.17, 15) is 0 Å². The number of nitrogens with zero attached hydrogens (tertiary/aromatic N) is 3. The number of pyridine rings is 1. The molecule has 0 bridgehead atoms. The van der Waals surface area contributed by atoms with Gasteiger partial charge in [-0.25, -0.2) is 4.98 Å². The van der Waals surface area contributed by atoms with Gasteiger partial charge in [0, 0.05) is 11.3 Å². The summed E-state index contributed by atoms with van der Waals surface area (Å²) in [6, 6.07) is 3.58. The molecule has 0 amide bonds. The van der Waals surface area contributed by atoms with Gasteiger partial charge >= 0.3 is 0 Å². The Labute approximate surface area is 118 Å². The molecule has 0 aliphatic rings. The molecular weight excluding hydrogens is 252 g/mol. The molecule has 0 unspecified atom stereocenters. The molecule has 2 aromatic heterocycles. The highest BCUT2D eigenvalue weighted by atomic mass is 16.5. The van der Waals surface area contributed by atoms with Crippen LogP contribution in [-0.4, -0.2) is 21.6 Å². The first-order valence-electron chi connectivity index (χ1n) is 6.48. The number of aromatic nitrogens is 3. The van der Waals surface area contributed by atoms with Gasteiger partial charge in [0.25, 0.3) is 0 Å². The second-order valence-electron chi connectivity index (χ2n) is 4.35. The fourth-order valence-electron chi connectivity index (χ4n) is 1.89. The second kappa shape index (κ2) is 6.14. The highest BCUT2D eigenvalue weighted by molar-refractivity contribution is 5.54. The third-order valence-corrected chi connectivity index (χ3v) is 2.88. The number of nitrogens with two attached hydrogens (primary N) is 1. The van der Waals surface area contributed by atoms with Crippen molar-refractivity contribution < 1.29 is 4.74 Å². The van der Waals surface area contributed by atoms with Crippen LogP contribution >= 0.6 is 0 Å². The van der Waals surface area contributed by atoms with E-state index in [-0.39, 0.29) is 0 Å². The van der Waals surface area contributed by atoms with Gasteiger partial charge in [-0.3, -0.25) is 4.98 Å². The lowest BCUT2D eigenvalue weighted by Gasteiger charge is -2.12. The summed E-state index contributed by atoms with van der Waals surface area (Å²) in [6.07, 6.45) is 4.10. The minimum Gasteiger partial charge on any atom is -0.473 e. The Bertz CT molecular complexity index is 608. The summed E-state index contributed by atoms with van der Waals surface area (Å²) in [5.74, 6) is 1.13. The highest BCUT2D eigenvalue weighted by Gasteiger charge is 2.13. The van der Waals surface area contributed by atoms with Crippen molar-refractivity contribution >= 4 is 5.69 Å². The molecule has 2 aromatic rings. The van der Waals surface area contributed by atoms with E-state index in [2.05, 4.69) is 21.5 Å². The quantitative estimate of drug-likeness (QED) is 0.845. The van der Waals surface area contributed by atoms with Crippen molar-refractivity contribution in [3.63, 3.8) is 0 Å². The first-order valence-corrected chi connectivity index (χ1v) is 6.48. The minimum absolute atomic E-state index is 0.415. The van der Waals surface area contributed by atoms with E-state index in [4.69, 9.17) is 10.5 Å². The summed E-state index contributed by atoms with van der Waals surface area (Å²) < 4.78 is 5.62. The van der Waals surface area contributed by atoms with Gasteiger partial charge in [-0.2, -0.15) is 4.98 Å². The van der Waals surface area contributed by atoms with Gasteiger partial charge in [-0.15, -0.1) is 0 Å². The molecule has 0 saturated heterocycles. The van der Waals surface area contributed by atoms with Crippen LogP contribution in [0.4, 0.5) is 5.69 Å². The van der Waals surface area contributed by atoms with Crippen LogP contribution in [0.5, 0.6) is 5.88 Å². The fourth-order valence-corrected chi connectivity index (χ4v) is 1.89. The predicted molar refractivity (Wildman–Crippen MR) is 79.5 cm³/mol. The number of aryl methyl sites for hydroxylation is 1. The summed E-state index contributed by atoms with van der Waals surface area (Å²) in [5, 5.41) is 0. The van der Waals surface area contributed by atoms with Crippen LogP contribution in [0.25, 0.3) is 11.5 Å². The third-order valence-electron chi connectivity index (χ3n) is 2.88. The number of anilines is 1. The maximum atomic E-state index is 5.64. The van der Waals surface area contributed by atoms with Crippen LogP contribution in [0.15, 0.2) is 31.0 Å². The van der Waals surface area contributed by atoms with Crippen LogP contribution in [0.1, 0.15) is 18.2 Å². The molecule has 20 heavy (non-hydrogen) atoms. The van der Waals surface area contributed by atoms with Crippen LogP contribution in [0.3, 0.4) is 0 Å². The summed E-state index contributed by atoms with van der Waals surface area (Å²) in [5.41, 5.74) is 8.83. The van der Waals surface area contributed by atoms with E-state index in [1.165, 1.54) is 0 Å². The van der Waals surface area contributed by atoms with Gasteiger partial charge in [-0.1, -0.05) is 19.6 Å². The van der Waals surface area contributed by atoms with E-state index in [0.717, 1.165) is 17.7 Å². The molecular formula is C15H18N4O. The Hall–Kier alpha value is -2.43. The van der Waals surface area contributed by atoms with E-state index >= 15 is 0 Å². The lowest BCUT2D eigenvalue weighted by molar-refractivity contribution is 0.343. The lowest BCUT2D eigenvalue weighted by Crippen LogP contribution is -2.06. The maximum Gasteiger partial charge on any atom is 0.220 e. The Balaban J connectivity index is 2.46. The van der Waals surface area contributed by atoms with Crippen molar-refractivity contribution in [2.24, 2.45) is 0 Å². The lowest BCUT2D eigenvalue weighted by atomic mass is 10.2. The van der Waals surface area contributed by atoms with Gasteiger partial charge in [0.2, 0.25) is 5.88 Å². The van der Waals surface area contributed by atoms with Crippen molar-refractivity contribution in [3.8, 4) is 17.4 Å². The van der Waals surface area contributed by atoms with E-state index < -0.39 is 0 Å². The monoisotopic (exact) mass is 270 g/mol. The largest absolute Gasteiger partial charge is 0.473 e. The summed E-state index contributed by atoms with van der Waals surface area (Å²) in [4.78, 5) is 13.2. The van der Waals surface area contributed by atoms with Crippen LogP contribution < -0.4 is 10.5 Å². The van der Waals surface area contributed by atoms with Crippen molar-refractivity contribution in [1.29, 1.82) is 0 Å². The molecule has 104 valence electrons. The average molecular weight is 270 g/mol. The molecule has 0 aliphatic heterocycles. The molecule has 2 rings (SSSR count). The highest BCUT2D eigenvalue weighted by Crippen LogP contribution is 2.23. The SMILES string of the molecule is C=CCOc1nc(-c2ccc(N)cn2)nc(C)c1CC. The molecule has 0 aromatic carbocycles. The standard InChI is InChI=1S/C15H18N4O/c1-4-8-20-15-12(5-2)10(3)18-14(19-15)13-7-6-11(16)9-17-13/h4,6-7,9H,1,5,8,16H2,2-3H3. The molecule has 5 heteroatoms. The van der Waals surface area contributed by atoms with Crippen LogP contribution in [-0.2, 0) is 6.42 Å².